The van der Waals surface area contributed by atoms with E-state index in [0.29, 0.717) is 0 Å². The molecule has 0 aromatic rings. The van der Waals surface area contributed by atoms with Crippen LogP contribution in [0.2, 0.25) is 0 Å². The second-order valence-corrected chi connectivity index (χ2v) is 2.44. The van der Waals surface area contributed by atoms with Gasteiger partial charge >= 0.3 is 0 Å². The highest BCUT2D eigenvalue weighted by molar-refractivity contribution is 7.94. The summed E-state index contributed by atoms with van der Waals surface area (Å²) in [6.07, 6.45) is 14.9. The Morgan fingerprint density at radius 2 is 1.88 bits per heavy atom. The molecule has 0 heterocycles. The fraction of sp³-hybridized carbons (Fsp3) is 0. The van der Waals surface area contributed by atoms with Gasteiger partial charge in [0.2, 0.25) is 0 Å². The van der Waals surface area contributed by atoms with Crippen molar-refractivity contribution >= 4 is 14.8 Å². The maximum atomic E-state index is 7.09. The first kappa shape index (κ1) is 5.31. The van der Waals surface area contributed by atoms with E-state index in [9.17, 15) is 0 Å². The maximum absolute atomic E-state index is 7.09. The van der Waals surface area contributed by atoms with E-state index in [4.69, 9.17) is 20.6 Å². The summed E-state index contributed by atoms with van der Waals surface area (Å²) in [4.78, 5) is 0. The normalized spacial score (nSPS) is 8.00. The van der Waals surface area contributed by atoms with E-state index in [1.807, 2.05) is 0 Å². The molecule has 0 rings (SSSR count). The lowest BCUT2D eigenvalue weighted by molar-refractivity contribution is 2.92. The molecular weight excluding hydrogens is 114 g/mol. The average Bonchev–Trinajstić information content (AvgIpc) is 1.90. The van der Waals surface area contributed by atoms with Crippen LogP contribution in [-0.4, -0.2) is 8.30 Å². The molecule has 0 saturated heterocycles. The minimum Gasteiger partial charge on any atom is -0.154 e. The molecule has 2 heteroatoms. The lowest BCUT2D eigenvalue weighted by Crippen LogP contribution is -1.76. The van der Waals surface area contributed by atoms with Gasteiger partial charge in [0.15, 0.2) is 0 Å². The summed E-state index contributed by atoms with van der Waals surface area (Å²) in [6.45, 7) is -0.699. The van der Waals surface area contributed by atoms with Crippen molar-refractivity contribution in [2.24, 2.45) is 0 Å². The summed E-state index contributed by atoms with van der Waals surface area (Å²) in [5.41, 5.74) is 4.60. The third kappa shape index (κ3) is 2.37. The van der Waals surface area contributed by atoms with Crippen molar-refractivity contribution < 1.29 is 0 Å². The number of rotatable bonds is 1. The standard InChI is InChI=1S/C6H4BP/c1-4-7-8(5-2)6-3/h1-3,7H/i7D. The SMILES string of the molecule is [2H]B(C#C)P(C#C)C#C. The van der Waals surface area contributed by atoms with Crippen LogP contribution in [0.4, 0.5) is 0 Å². The van der Waals surface area contributed by atoms with E-state index in [0.717, 1.165) is 0 Å². The van der Waals surface area contributed by atoms with Gasteiger partial charge in [-0.3, -0.25) is 0 Å². The van der Waals surface area contributed by atoms with Crippen LogP contribution in [0.15, 0.2) is 0 Å². The third-order valence-electron chi connectivity index (χ3n) is 0.482. The first-order valence-electron chi connectivity index (χ1n) is 2.44. The average molecular weight is 119 g/mol. The van der Waals surface area contributed by atoms with Gasteiger partial charge in [0.05, 0.1) is 0 Å². The zero-order chi connectivity index (χ0) is 7.28. The Labute approximate surface area is 53.4 Å². The van der Waals surface area contributed by atoms with E-state index in [-0.39, 0.29) is 0 Å². The molecule has 0 aromatic carbocycles. The van der Waals surface area contributed by atoms with Gasteiger partial charge in [0, 0.05) is 9.14 Å². The third-order valence-corrected chi connectivity index (χ3v) is 1.45. The molecule has 0 saturated carbocycles. The molecule has 0 aliphatic rings. The van der Waals surface area contributed by atoms with Crippen molar-refractivity contribution in [2.45, 2.75) is 0 Å². The molecule has 0 radical (unpaired) electrons. The van der Waals surface area contributed by atoms with Crippen molar-refractivity contribution in [1.29, 1.82) is 1.34 Å². The molecule has 0 nitrogen and oxygen atoms in total. The molecule has 0 aromatic heterocycles. The second-order valence-electron chi connectivity index (χ2n) is 0.924. The molecule has 0 unspecified atom stereocenters. The Kier molecular flexibility index (Phi) is 2.88. The van der Waals surface area contributed by atoms with Crippen LogP contribution in [-0.2, 0) is 0 Å². The predicted octanol–water partition coefficient (Wildman–Crippen LogP) is 0.592. The van der Waals surface area contributed by atoms with Crippen LogP contribution in [0.5, 0.6) is 0 Å². The summed E-state index contributed by atoms with van der Waals surface area (Å²) < 4.78 is 7.09. The lowest BCUT2D eigenvalue weighted by Gasteiger charge is -1.88. The van der Waals surface area contributed by atoms with Gasteiger partial charge in [0.25, 0.3) is 6.96 Å². The van der Waals surface area contributed by atoms with Crippen molar-refractivity contribution in [3.05, 3.63) is 0 Å². The molecule has 0 fully saturated rings. The molecule has 0 amide bonds. The van der Waals surface area contributed by atoms with Crippen LogP contribution < -0.4 is 0 Å². The first-order chi connectivity index (χ1) is 4.26. The Bertz CT molecular complexity index is 191. The zero-order valence-corrected chi connectivity index (χ0v) is 5.15. The van der Waals surface area contributed by atoms with E-state index in [1.54, 1.807) is 0 Å². The van der Waals surface area contributed by atoms with Crippen LogP contribution in [0.3, 0.4) is 0 Å². The highest BCUT2D eigenvalue weighted by atomic mass is 31.1. The van der Waals surface area contributed by atoms with Gasteiger partial charge in [-0.15, -0.1) is 19.3 Å². The van der Waals surface area contributed by atoms with Crippen LogP contribution in [0, 0.1) is 36.4 Å². The summed E-state index contributed by atoms with van der Waals surface area (Å²) in [6, 6.07) is 0. The van der Waals surface area contributed by atoms with Gasteiger partial charge in [0.1, 0.15) is 0 Å². The van der Waals surface area contributed by atoms with Crippen molar-refractivity contribution in [2.75, 3.05) is 0 Å². The molecule has 0 atom stereocenters. The van der Waals surface area contributed by atoms with Crippen LogP contribution in [0.25, 0.3) is 0 Å². The first-order valence-corrected chi connectivity index (χ1v) is 3.27. The van der Waals surface area contributed by atoms with E-state index in [2.05, 4.69) is 17.1 Å². The maximum Gasteiger partial charge on any atom is 0.271 e. The Morgan fingerprint density at radius 3 is 2.00 bits per heavy atom. The van der Waals surface area contributed by atoms with Gasteiger partial charge in [-0.05, 0) is 0 Å². The fourth-order valence-electron chi connectivity index (χ4n) is 0.186. The molecule has 0 aliphatic carbocycles. The molecule has 0 bridgehead atoms. The van der Waals surface area contributed by atoms with E-state index >= 15 is 0 Å². The fourth-order valence-corrected chi connectivity index (χ4v) is 0.559. The highest BCUT2D eigenvalue weighted by Gasteiger charge is 1.95. The molecule has 36 valence electrons. The highest BCUT2D eigenvalue weighted by Crippen LogP contribution is 2.27. The minimum absolute atomic E-state index is 0.699. The summed E-state index contributed by atoms with van der Waals surface area (Å²) >= 11 is 0. The van der Waals surface area contributed by atoms with Gasteiger partial charge in [-0.2, -0.15) is 5.82 Å². The van der Waals surface area contributed by atoms with Gasteiger partial charge in [-0.25, -0.2) is 0 Å². The molecular formula is C6H4BP. The topological polar surface area (TPSA) is 0 Å². The van der Waals surface area contributed by atoms with Crippen LogP contribution >= 0.6 is 7.80 Å². The molecule has 0 N–H and O–H groups in total. The summed E-state index contributed by atoms with van der Waals surface area (Å²) in [5.74, 6) is 2.18. The summed E-state index contributed by atoms with van der Waals surface area (Å²) in [7, 11) is -1.13. The number of hydrogen-bond acceptors (Lipinski definition) is 0. The van der Waals surface area contributed by atoms with Crippen molar-refractivity contribution in [3.63, 3.8) is 0 Å². The van der Waals surface area contributed by atoms with Crippen LogP contribution in [0.1, 0.15) is 0 Å². The smallest absolute Gasteiger partial charge is 0.154 e. The second kappa shape index (κ2) is 4.34. The molecule has 0 spiro atoms. The van der Waals surface area contributed by atoms with E-state index < -0.39 is 14.8 Å². The Balaban J connectivity index is 4.08. The molecule has 8 heavy (non-hydrogen) atoms. The Morgan fingerprint density at radius 1 is 1.38 bits per heavy atom. The lowest BCUT2D eigenvalue weighted by atomic mass is 10.2. The number of hydrogen-bond donors (Lipinski definition) is 0. The minimum atomic E-state index is -1.13. The van der Waals surface area contributed by atoms with Gasteiger partial charge in [-0.1, -0.05) is 11.3 Å². The Hall–Kier alpha value is -0.825. The predicted molar refractivity (Wildman–Crippen MR) is 40.6 cm³/mol. The summed E-state index contributed by atoms with van der Waals surface area (Å²) in [5, 5.41) is 0. The number of terminal acetylenes is 3. The van der Waals surface area contributed by atoms with Crippen molar-refractivity contribution in [3.8, 4) is 36.4 Å². The quantitative estimate of drug-likeness (QED) is 0.269. The zero-order valence-electron chi connectivity index (χ0n) is 5.26. The monoisotopic (exact) mass is 119 g/mol. The largest absolute Gasteiger partial charge is 0.271 e. The molecule has 0 aliphatic heterocycles. The van der Waals surface area contributed by atoms with Crippen molar-refractivity contribution in [1.82, 2.24) is 0 Å². The van der Waals surface area contributed by atoms with E-state index in [1.165, 1.54) is 0 Å². The van der Waals surface area contributed by atoms with Gasteiger partial charge < -0.3 is 0 Å².